The average Bonchev–Trinajstić information content (AvgIpc) is 3.11. The van der Waals surface area contributed by atoms with E-state index in [9.17, 15) is 5.26 Å². The van der Waals surface area contributed by atoms with E-state index in [1.165, 1.54) is 74.0 Å². The topological polar surface area (TPSA) is 33.0 Å². The molecule has 0 bridgehead atoms. The second-order valence-electron chi connectivity index (χ2n) is 7.92. The van der Waals surface area contributed by atoms with Crippen LogP contribution in [0.1, 0.15) is 97.5 Å². The Kier molecular flexibility index (Phi) is 13.6. The predicted molar refractivity (Wildman–Crippen MR) is 123 cm³/mol. The van der Waals surface area contributed by atoms with E-state index in [1.54, 1.807) is 0 Å². The first-order valence-corrected chi connectivity index (χ1v) is 19.7. The summed E-state index contributed by atoms with van der Waals surface area (Å²) in [5.41, 5.74) is 0.926. The van der Waals surface area contributed by atoms with Crippen molar-refractivity contribution in [3.63, 3.8) is 0 Å². The molecule has 4 heteroatoms. The van der Waals surface area contributed by atoms with Gasteiger partial charge in [-0.15, -0.1) is 0 Å². The van der Waals surface area contributed by atoms with Gasteiger partial charge < -0.3 is 0 Å². The average molecular weight is 498 g/mol. The molecule has 0 radical (unpaired) electrons. The summed E-state index contributed by atoms with van der Waals surface area (Å²) >= 11 is -0.668. The molecule has 0 saturated carbocycles. The molecule has 0 aliphatic carbocycles. The van der Waals surface area contributed by atoms with Crippen LogP contribution in [0.2, 0.25) is 13.3 Å². The van der Waals surface area contributed by atoms with E-state index < -0.39 is 18.4 Å². The Hall–Kier alpha value is -0.211. The van der Waals surface area contributed by atoms with E-state index in [0.29, 0.717) is 0 Å². The number of rotatable bonds is 16. The van der Waals surface area contributed by atoms with Gasteiger partial charge in [-0.1, -0.05) is 0 Å². The van der Waals surface area contributed by atoms with Gasteiger partial charge in [-0.25, -0.2) is 0 Å². The van der Waals surface area contributed by atoms with Crippen molar-refractivity contribution in [3.05, 3.63) is 10.9 Å². The molecular weight excluding hydrogens is 457 g/mol. The van der Waals surface area contributed by atoms with Gasteiger partial charge in [-0.3, -0.25) is 0 Å². The quantitative estimate of drug-likeness (QED) is 0.173. The minimum absolute atomic E-state index is 0.756. The number of ether oxygens (including phenoxy) is 1. The van der Waals surface area contributed by atoms with Crippen LogP contribution in [0.25, 0.3) is 0 Å². The normalized spacial score (nSPS) is 11.5. The third-order valence-electron chi connectivity index (χ3n) is 5.63. The Labute approximate surface area is 176 Å². The van der Waals surface area contributed by atoms with Gasteiger partial charge in [-0.05, 0) is 0 Å². The van der Waals surface area contributed by atoms with E-state index in [1.807, 2.05) is 11.3 Å². The molecule has 154 valence electrons. The molecule has 0 amide bonds. The molecule has 0 unspecified atom stereocenters. The molecule has 0 aliphatic rings. The third kappa shape index (κ3) is 7.97. The van der Waals surface area contributed by atoms with Crippen LogP contribution in [0, 0.1) is 11.3 Å². The van der Waals surface area contributed by atoms with E-state index in [0.717, 1.165) is 24.3 Å². The molecule has 1 aromatic rings. The molecule has 0 aliphatic heterocycles. The van der Waals surface area contributed by atoms with Crippen LogP contribution < -0.4 is 7.63 Å². The van der Waals surface area contributed by atoms with Crippen molar-refractivity contribution < 1.29 is 4.74 Å². The molecule has 1 aromatic heterocycles. The van der Waals surface area contributed by atoms with Gasteiger partial charge >= 0.3 is 177 Å². The van der Waals surface area contributed by atoms with Crippen LogP contribution in [-0.2, 0) is 0 Å². The van der Waals surface area contributed by atoms with Crippen molar-refractivity contribution in [1.82, 2.24) is 0 Å². The van der Waals surface area contributed by atoms with Crippen molar-refractivity contribution in [2.75, 3.05) is 6.61 Å². The SMILES string of the molecule is CCCCCCOc1cs[c]([Sn]([CH2]CCC)([CH2]CCC)[CH2]CCC)c1C#N. The Morgan fingerprint density at radius 2 is 1.41 bits per heavy atom. The second-order valence-corrected chi connectivity index (χ2v) is 22.8. The molecule has 2 nitrogen and oxygen atoms in total. The van der Waals surface area contributed by atoms with Gasteiger partial charge in [0.15, 0.2) is 0 Å². The van der Waals surface area contributed by atoms with E-state index in [2.05, 4.69) is 39.1 Å². The number of thiophene rings is 1. The van der Waals surface area contributed by atoms with Crippen molar-refractivity contribution in [2.45, 2.75) is 105 Å². The van der Waals surface area contributed by atoms with Gasteiger partial charge in [-0.2, -0.15) is 0 Å². The zero-order valence-electron chi connectivity index (χ0n) is 18.2. The minimum atomic E-state index is -2.54. The fourth-order valence-electron chi connectivity index (χ4n) is 3.92. The number of unbranched alkanes of at least 4 members (excludes halogenated alkanes) is 6. The fraction of sp³-hybridized carbons (Fsp3) is 0.783. The summed E-state index contributed by atoms with van der Waals surface area (Å²) in [6.07, 6.45) is 12.6. The number of nitrogens with zero attached hydrogens (tertiary/aromatic N) is 1. The van der Waals surface area contributed by atoms with E-state index >= 15 is 0 Å². The van der Waals surface area contributed by atoms with Crippen LogP contribution in [0.4, 0.5) is 0 Å². The first-order valence-electron chi connectivity index (χ1n) is 11.3. The molecule has 0 aromatic carbocycles. The molecule has 0 saturated heterocycles. The maximum atomic E-state index is 9.98. The van der Waals surface area contributed by atoms with E-state index in [4.69, 9.17) is 4.74 Å². The summed E-state index contributed by atoms with van der Waals surface area (Å²) in [7, 11) is 0. The van der Waals surface area contributed by atoms with Crippen molar-refractivity contribution in [3.8, 4) is 11.8 Å². The molecular formula is C23H41NOSSn. The third-order valence-corrected chi connectivity index (χ3v) is 25.0. The molecule has 0 atom stereocenters. The van der Waals surface area contributed by atoms with Crippen LogP contribution in [0.5, 0.6) is 5.75 Å². The Morgan fingerprint density at radius 3 is 1.89 bits per heavy atom. The predicted octanol–water partition coefficient (Wildman–Crippen LogP) is 7.63. The monoisotopic (exact) mass is 499 g/mol. The first kappa shape index (κ1) is 24.8. The van der Waals surface area contributed by atoms with Crippen molar-refractivity contribution in [2.24, 2.45) is 0 Å². The summed E-state index contributed by atoms with van der Waals surface area (Å²) in [5, 5.41) is 12.1. The van der Waals surface area contributed by atoms with Crippen LogP contribution >= 0.6 is 11.3 Å². The second kappa shape index (κ2) is 14.7. The number of hydrogen-bond acceptors (Lipinski definition) is 3. The molecule has 27 heavy (non-hydrogen) atoms. The summed E-state index contributed by atoms with van der Waals surface area (Å²) in [6, 6.07) is 2.57. The van der Waals surface area contributed by atoms with Crippen LogP contribution in [0.3, 0.4) is 0 Å². The number of nitriles is 1. The van der Waals surface area contributed by atoms with Gasteiger partial charge in [0.1, 0.15) is 0 Å². The van der Waals surface area contributed by atoms with Gasteiger partial charge in [0.25, 0.3) is 0 Å². The van der Waals surface area contributed by atoms with Crippen molar-refractivity contribution in [1.29, 1.82) is 5.26 Å². The summed E-state index contributed by atoms with van der Waals surface area (Å²) in [4.78, 5) is 0. The Bertz CT molecular complexity index is 527. The van der Waals surface area contributed by atoms with Gasteiger partial charge in [0, 0.05) is 0 Å². The van der Waals surface area contributed by atoms with Gasteiger partial charge in [0.2, 0.25) is 0 Å². The van der Waals surface area contributed by atoms with Gasteiger partial charge in [0.05, 0.1) is 0 Å². The number of hydrogen-bond donors (Lipinski definition) is 0. The zero-order chi connectivity index (χ0) is 20.0. The zero-order valence-corrected chi connectivity index (χ0v) is 21.9. The Balaban J connectivity index is 3.06. The maximum absolute atomic E-state index is 9.98. The standard InChI is InChI=1S/C11H14NOS.3C4H9.Sn/c1-2-3-4-5-6-13-11-9-14-8-10(11)7-12;3*1-3-4-2;/h9H,2-6H2,1H3;3*1,3-4H2,2H3;. The molecule has 0 fully saturated rings. The summed E-state index contributed by atoms with van der Waals surface area (Å²) < 4.78 is 11.8. The fourth-order valence-corrected chi connectivity index (χ4v) is 24.5. The van der Waals surface area contributed by atoms with E-state index in [-0.39, 0.29) is 0 Å². The Morgan fingerprint density at radius 1 is 0.852 bits per heavy atom. The molecule has 0 spiro atoms. The molecule has 0 N–H and O–H groups in total. The summed E-state index contributed by atoms with van der Waals surface area (Å²) in [6.45, 7) is 9.91. The van der Waals surface area contributed by atoms with Crippen LogP contribution in [-0.4, -0.2) is 25.0 Å². The van der Waals surface area contributed by atoms with Crippen molar-refractivity contribution >= 4 is 32.6 Å². The molecule has 1 rings (SSSR count). The van der Waals surface area contributed by atoms with Crippen LogP contribution in [0.15, 0.2) is 5.38 Å². The first-order chi connectivity index (χ1) is 13.2. The summed E-state index contributed by atoms with van der Waals surface area (Å²) in [5.74, 6) is 0.888. The molecule has 1 heterocycles.